The molecule has 0 spiro atoms. The quantitative estimate of drug-likeness (QED) is 0.195. The van der Waals surface area contributed by atoms with E-state index in [2.05, 4.69) is 28.1 Å². The van der Waals surface area contributed by atoms with Gasteiger partial charge in [0, 0.05) is 46.4 Å². The zero-order valence-electron chi connectivity index (χ0n) is 28.2. The van der Waals surface area contributed by atoms with Crippen LogP contribution in [0.15, 0.2) is 71.9 Å². The highest BCUT2D eigenvalue weighted by Crippen LogP contribution is 2.47. The first-order valence-corrected chi connectivity index (χ1v) is 17.1. The fourth-order valence-corrected chi connectivity index (χ4v) is 7.49. The average Bonchev–Trinajstić information content (AvgIpc) is 3.68. The standard InChI is InChI=1S/C40H43N3O5/c1-5-47-39(45)27-13-11-25(12-14-27)29-22-35(41-24-29)40(2,3)42-38(44)28-15-17-31-33(21-28)43-19-20-48-34-23-30(46-4)16-18-32(34)37(43)36(31)26-9-7-6-8-10-26/h11-18,21,23-24,26H,5-10,19-20,22H2,1-4H3,(H,42,44). The number of carbonyl (C=O) groups is 2. The third-order valence-electron chi connectivity index (χ3n) is 10.0. The first kappa shape index (κ1) is 31.7. The van der Waals surface area contributed by atoms with Gasteiger partial charge in [-0.3, -0.25) is 9.79 Å². The number of esters is 1. The van der Waals surface area contributed by atoms with E-state index in [4.69, 9.17) is 19.2 Å². The Morgan fingerprint density at radius 3 is 2.52 bits per heavy atom. The Kier molecular flexibility index (Phi) is 8.58. The Bertz CT molecular complexity index is 1940. The lowest BCUT2D eigenvalue weighted by molar-refractivity contribution is 0.0526. The van der Waals surface area contributed by atoms with E-state index in [-0.39, 0.29) is 11.9 Å². The Balaban J connectivity index is 1.15. The van der Waals surface area contributed by atoms with Gasteiger partial charge in [-0.1, -0.05) is 37.5 Å². The van der Waals surface area contributed by atoms with E-state index in [9.17, 15) is 9.59 Å². The molecule has 8 nitrogen and oxygen atoms in total. The fraction of sp³-hybridized carbons (Fsp3) is 0.375. The summed E-state index contributed by atoms with van der Waals surface area (Å²) >= 11 is 0. The molecule has 0 radical (unpaired) electrons. The number of ether oxygens (including phenoxy) is 3. The van der Waals surface area contributed by atoms with E-state index >= 15 is 0 Å². The number of nitrogens with zero attached hydrogens (tertiary/aromatic N) is 2. The second kappa shape index (κ2) is 13.0. The Labute approximate surface area is 281 Å². The highest BCUT2D eigenvalue weighted by molar-refractivity contribution is 6.08. The maximum Gasteiger partial charge on any atom is 0.338 e. The summed E-state index contributed by atoms with van der Waals surface area (Å²) in [5, 5.41) is 4.49. The molecule has 1 saturated carbocycles. The maximum absolute atomic E-state index is 13.9. The van der Waals surface area contributed by atoms with E-state index in [1.807, 2.05) is 50.4 Å². The highest BCUT2D eigenvalue weighted by Gasteiger charge is 2.32. The van der Waals surface area contributed by atoms with E-state index in [0.29, 0.717) is 43.2 Å². The molecule has 0 saturated heterocycles. The summed E-state index contributed by atoms with van der Waals surface area (Å²) in [6, 6.07) is 19.7. The van der Waals surface area contributed by atoms with E-state index in [1.54, 1.807) is 26.2 Å². The van der Waals surface area contributed by atoms with Crippen LogP contribution in [-0.4, -0.2) is 48.0 Å². The van der Waals surface area contributed by atoms with E-state index in [1.165, 1.54) is 48.7 Å². The number of nitrogens with one attached hydrogen (secondary N) is 1. The number of hydrogen-bond acceptors (Lipinski definition) is 6. The molecule has 1 N–H and O–H groups in total. The SMILES string of the molecule is CCOC(=O)c1ccc(C2=CN=C(C(C)(C)NC(=O)c3ccc4c(C5CCCCC5)c5n(c4c3)CCOc3cc(OC)ccc3-5)C2)cc1. The van der Waals surface area contributed by atoms with Gasteiger partial charge in [-0.15, -0.1) is 0 Å². The first-order chi connectivity index (χ1) is 23.3. The molecule has 4 aromatic rings. The number of aromatic nitrogens is 1. The summed E-state index contributed by atoms with van der Waals surface area (Å²) in [6.07, 6.45) is 8.55. The molecule has 48 heavy (non-hydrogen) atoms. The Morgan fingerprint density at radius 1 is 1.00 bits per heavy atom. The highest BCUT2D eigenvalue weighted by atomic mass is 16.5. The van der Waals surface area contributed by atoms with Gasteiger partial charge >= 0.3 is 5.97 Å². The maximum atomic E-state index is 13.9. The van der Waals surface area contributed by atoms with Crippen LogP contribution in [0.25, 0.3) is 27.7 Å². The van der Waals surface area contributed by atoms with Crippen LogP contribution in [0, 0.1) is 0 Å². The molecule has 3 heterocycles. The van der Waals surface area contributed by atoms with Crippen molar-refractivity contribution in [1.82, 2.24) is 9.88 Å². The van der Waals surface area contributed by atoms with Crippen molar-refractivity contribution >= 4 is 34.1 Å². The van der Waals surface area contributed by atoms with Crippen LogP contribution in [0.3, 0.4) is 0 Å². The molecule has 3 aliphatic rings. The first-order valence-electron chi connectivity index (χ1n) is 17.1. The number of allylic oxidation sites excluding steroid dienone is 1. The number of hydrogen-bond donors (Lipinski definition) is 1. The van der Waals surface area contributed by atoms with Crippen molar-refractivity contribution in [1.29, 1.82) is 0 Å². The van der Waals surface area contributed by atoms with Crippen molar-refractivity contribution in [3.8, 4) is 22.8 Å². The number of carbonyl (C=O) groups excluding carboxylic acids is 2. The van der Waals surface area contributed by atoms with Crippen LogP contribution in [0.1, 0.15) is 97.1 Å². The van der Waals surface area contributed by atoms with Gasteiger partial charge in [0.25, 0.3) is 5.91 Å². The molecule has 1 aliphatic carbocycles. The van der Waals surface area contributed by atoms with Crippen molar-refractivity contribution in [2.75, 3.05) is 20.3 Å². The van der Waals surface area contributed by atoms with Crippen molar-refractivity contribution in [3.05, 3.63) is 89.1 Å². The molecule has 3 aromatic carbocycles. The van der Waals surface area contributed by atoms with Crippen molar-refractivity contribution in [3.63, 3.8) is 0 Å². The van der Waals surface area contributed by atoms with Gasteiger partial charge in [-0.05, 0) is 92.6 Å². The number of fused-ring (bicyclic) bond motifs is 5. The predicted octanol–water partition coefficient (Wildman–Crippen LogP) is 8.33. The summed E-state index contributed by atoms with van der Waals surface area (Å²) in [6.45, 7) is 7.35. The van der Waals surface area contributed by atoms with Crippen molar-refractivity contribution in [2.24, 2.45) is 4.99 Å². The Hall–Kier alpha value is -4.85. The predicted molar refractivity (Wildman–Crippen MR) is 189 cm³/mol. The van der Waals surface area contributed by atoms with Crippen LogP contribution in [0.5, 0.6) is 11.5 Å². The van der Waals surface area contributed by atoms with Gasteiger partial charge in [0.15, 0.2) is 0 Å². The minimum absolute atomic E-state index is 0.137. The van der Waals surface area contributed by atoms with Crippen LogP contribution >= 0.6 is 0 Å². The Morgan fingerprint density at radius 2 is 1.77 bits per heavy atom. The second-order valence-corrected chi connectivity index (χ2v) is 13.5. The average molecular weight is 646 g/mol. The van der Waals surface area contributed by atoms with Gasteiger partial charge in [0.2, 0.25) is 0 Å². The molecule has 0 bridgehead atoms. The number of benzene rings is 3. The van der Waals surface area contributed by atoms with Crippen LogP contribution in [-0.2, 0) is 11.3 Å². The van der Waals surface area contributed by atoms with Gasteiger partial charge in [-0.2, -0.15) is 0 Å². The molecule has 7 rings (SSSR count). The zero-order valence-corrected chi connectivity index (χ0v) is 28.2. The molecule has 248 valence electrons. The van der Waals surface area contributed by atoms with Gasteiger partial charge < -0.3 is 24.1 Å². The normalized spacial score (nSPS) is 16.2. The lowest BCUT2D eigenvalue weighted by Crippen LogP contribution is -2.49. The van der Waals surface area contributed by atoms with Crippen LogP contribution in [0.2, 0.25) is 0 Å². The molecule has 8 heteroatoms. The number of methoxy groups -OCH3 is 1. The fourth-order valence-electron chi connectivity index (χ4n) is 7.49. The zero-order chi connectivity index (χ0) is 33.4. The minimum atomic E-state index is -0.676. The summed E-state index contributed by atoms with van der Waals surface area (Å²) in [5.74, 6) is 1.62. The van der Waals surface area contributed by atoms with E-state index < -0.39 is 5.54 Å². The van der Waals surface area contributed by atoms with Crippen molar-refractivity contribution in [2.45, 2.75) is 77.3 Å². The molecule has 0 unspecified atom stereocenters. The molecular weight excluding hydrogens is 602 g/mol. The monoisotopic (exact) mass is 645 g/mol. The minimum Gasteiger partial charge on any atom is -0.497 e. The number of aliphatic imine (C=N–C) groups is 1. The summed E-state index contributed by atoms with van der Waals surface area (Å²) in [7, 11) is 1.68. The van der Waals surface area contributed by atoms with Gasteiger partial charge in [0.05, 0.1) is 37.1 Å². The van der Waals surface area contributed by atoms with Crippen molar-refractivity contribution < 1.29 is 23.8 Å². The van der Waals surface area contributed by atoms with Crippen LogP contribution < -0.4 is 14.8 Å². The lowest BCUT2D eigenvalue weighted by atomic mass is 9.81. The third kappa shape index (κ3) is 5.89. The lowest BCUT2D eigenvalue weighted by Gasteiger charge is -2.27. The van der Waals surface area contributed by atoms with E-state index in [0.717, 1.165) is 39.4 Å². The van der Waals surface area contributed by atoms with Crippen LogP contribution in [0.4, 0.5) is 0 Å². The summed E-state index contributed by atoms with van der Waals surface area (Å²) < 4.78 is 19.3. The molecule has 1 amide bonds. The topological polar surface area (TPSA) is 91.2 Å². The smallest absolute Gasteiger partial charge is 0.338 e. The molecule has 1 fully saturated rings. The van der Waals surface area contributed by atoms with Gasteiger partial charge in [-0.25, -0.2) is 4.79 Å². The third-order valence-corrected chi connectivity index (χ3v) is 10.0. The number of amides is 1. The summed E-state index contributed by atoms with van der Waals surface area (Å²) in [5.41, 5.74) is 8.09. The molecule has 2 aliphatic heterocycles. The summed E-state index contributed by atoms with van der Waals surface area (Å²) in [4.78, 5) is 30.7. The number of rotatable bonds is 8. The van der Waals surface area contributed by atoms with Gasteiger partial charge in [0.1, 0.15) is 18.1 Å². The largest absolute Gasteiger partial charge is 0.497 e. The second-order valence-electron chi connectivity index (χ2n) is 13.5. The molecular formula is C40H43N3O5. The molecule has 0 atom stereocenters. The molecule has 1 aromatic heterocycles.